The van der Waals surface area contributed by atoms with Gasteiger partial charge in [0.2, 0.25) is 5.88 Å². The van der Waals surface area contributed by atoms with Crippen LogP contribution < -0.4 is 20.3 Å². The molecule has 2 aromatic rings. The maximum absolute atomic E-state index is 5.16. The second-order valence-electron chi connectivity index (χ2n) is 6.04. The molecule has 0 bridgehead atoms. The molecular weight excluding hydrogens is 441 g/mol. The Balaban J connectivity index is 0.00000243. The number of halogens is 1. The molecule has 26 heavy (non-hydrogen) atoms. The van der Waals surface area contributed by atoms with Gasteiger partial charge in [0.25, 0.3) is 0 Å². The number of guanidine groups is 1. The Morgan fingerprint density at radius 2 is 2.12 bits per heavy atom. The van der Waals surface area contributed by atoms with E-state index in [-0.39, 0.29) is 24.0 Å². The molecule has 1 aromatic heterocycles. The number of hydrogen-bond acceptors (Lipinski definition) is 4. The third-order valence-corrected chi connectivity index (χ3v) is 4.34. The minimum atomic E-state index is 0. The number of benzene rings is 1. The fourth-order valence-corrected chi connectivity index (χ4v) is 3.00. The second-order valence-corrected chi connectivity index (χ2v) is 6.04. The summed E-state index contributed by atoms with van der Waals surface area (Å²) in [5.41, 5.74) is 2.38. The zero-order chi connectivity index (χ0) is 17.5. The number of nitrogens with zero attached hydrogens (tertiary/aromatic N) is 3. The van der Waals surface area contributed by atoms with E-state index in [0.29, 0.717) is 18.5 Å². The molecule has 2 N–H and O–H groups in total. The van der Waals surface area contributed by atoms with Gasteiger partial charge in [-0.3, -0.25) is 4.99 Å². The van der Waals surface area contributed by atoms with Crippen LogP contribution in [0.2, 0.25) is 0 Å². The molecule has 7 heteroatoms. The summed E-state index contributed by atoms with van der Waals surface area (Å²) in [5, 5.41) is 6.87. The molecule has 1 fully saturated rings. The minimum absolute atomic E-state index is 0. The molecule has 0 radical (unpaired) electrons. The van der Waals surface area contributed by atoms with Crippen molar-refractivity contribution in [2.45, 2.75) is 19.0 Å². The van der Waals surface area contributed by atoms with Crippen LogP contribution in [0.15, 0.2) is 53.7 Å². The van der Waals surface area contributed by atoms with Gasteiger partial charge in [0.15, 0.2) is 5.96 Å². The fraction of sp³-hybridized carbons (Fsp3) is 0.368. The lowest BCUT2D eigenvalue weighted by Crippen LogP contribution is -2.44. The van der Waals surface area contributed by atoms with E-state index in [9.17, 15) is 0 Å². The number of anilines is 1. The first kappa shape index (κ1) is 20.3. The van der Waals surface area contributed by atoms with Crippen molar-refractivity contribution in [3.05, 3.63) is 54.2 Å². The average Bonchev–Trinajstić information content (AvgIpc) is 3.14. The van der Waals surface area contributed by atoms with Crippen LogP contribution in [0.25, 0.3) is 0 Å². The summed E-state index contributed by atoms with van der Waals surface area (Å²) < 4.78 is 5.16. The second kappa shape index (κ2) is 10.2. The maximum atomic E-state index is 5.16. The Kier molecular flexibility index (Phi) is 7.96. The van der Waals surface area contributed by atoms with Gasteiger partial charge in [-0.05, 0) is 30.2 Å². The summed E-state index contributed by atoms with van der Waals surface area (Å²) >= 11 is 0. The van der Waals surface area contributed by atoms with Crippen molar-refractivity contribution in [1.82, 2.24) is 15.6 Å². The minimum Gasteiger partial charge on any atom is -0.481 e. The van der Waals surface area contributed by atoms with Gasteiger partial charge in [0, 0.05) is 50.7 Å². The summed E-state index contributed by atoms with van der Waals surface area (Å²) in [4.78, 5) is 10.9. The van der Waals surface area contributed by atoms with Gasteiger partial charge in [0.05, 0.1) is 7.11 Å². The topological polar surface area (TPSA) is 61.8 Å². The highest BCUT2D eigenvalue weighted by Crippen LogP contribution is 2.19. The number of pyridine rings is 1. The van der Waals surface area contributed by atoms with Crippen LogP contribution in [0.4, 0.5) is 5.69 Å². The molecule has 1 aliphatic heterocycles. The van der Waals surface area contributed by atoms with Crippen LogP contribution in [0.1, 0.15) is 12.0 Å². The first-order chi connectivity index (χ1) is 12.3. The van der Waals surface area contributed by atoms with Crippen molar-refractivity contribution in [2.24, 2.45) is 4.99 Å². The first-order valence-electron chi connectivity index (χ1n) is 8.54. The molecule has 1 atom stereocenters. The Bertz CT molecular complexity index is 710. The summed E-state index contributed by atoms with van der Waals surface area (Å²) in [6.07, 6.45) is 2.85. The van der Waals surface area contributed by atoms with Gasteiger partial charge in [-0.25, -0.2) is 4.98 Å². The molecule has 1 unspecified atom stereocenters. The Morgan fingerprint density at radius 3 is 2.85 bits per heavy atom. The maximum Gasteiger partial charge on any atom is 0.213 e. The SMILES string of the molecule is CN=C(NCc1ccnc(OC)c1)NC1CCN(c2ccccc2)C1.I. The molecule has 0 saturated carbocycles. The lowest BCUT2D eigenvalue weighted by Gasteiger charge is -2.20. The van der Waals surface area contributed by atoms with Gasteiger partial charge >= 0.3 is 0 Å². The highest BCUT2D eigenvalue weighted by Gasteiger charge is 2.23. The Hall–Kier alpha value is -2.03. The van der Waals surface area contributed by atoms with Gasteiger partial charge in [-0.2, -0.15) is 0 Å². The predicted octanol–water partition coefficient (Wildman–Crippen LogP) is 2.65. The molecule has 140 valence electrons. The van der Waals surface area contributed by atoms with Crippen LogP contribution in [-0.4, -0.2) is 44.2 Å². The number of aromatic nitrogens is 1. The molecule has 3 rings (SSSR count). The molecule has 0 spiro atoms. The molecule has 6 nitrogen and oxygen atoms in total. The smallest absolute Gasteiger partial charge is 0.213 e. The zero-order valence-corrected chi connectivity index (χ0v) is 17.5. The van der Waals surface area contributed by atoms with E-state index in [0.717, 1.165) is 31.0 Å². The van der Waals surface area contributed by atoms with Gasteiger partial charge in [0.1, 0.15) is 0 Å². The van der Waals surface area contributed by atoms with Crippen LogP contribution in [-0.2, 0) is 6.54 Å². The monoisotopic (exact) mass is 467 g/mol. The van der Waals surface area contributed by atoms with E-state index in [1.54, 1.807) is 20.4 Å². The molecule has 1 aliphatic rings. The first-order valence-corrected chi connectivity index (χ1v) is 8.54. The van der Waals surface area contributed by atoms with Crippen LogP contribution in [0.5, 0.6) is 5.88 Å². The number of aliphatic imine (C=N–C) groups is 1. The fourth-order valence-electron chi connectivity index (χ4n) is 3.00. The van der Waals surface area contributed by atoms with Crippen molar-refractivity contribution < 1.29 is 4.74 Å². The van der Waals surface area contributed by atoms with Crippen molar-refractivity contribution in [2.75, 3.05) is 32.1 Å². The van der Waals surface area contributed by atoms with Crippen molar-refractivity contribution in [3.63, 3.8) is 0 Å². The molecule has 0 aliphatic carbocycles. The third-order valence-electron chi connectivity index (χ3n) is 4.34. The number of para-hydroxylation sites is 1. The van der Waals surface area contributed by atoms with E-state index in [4.69, 9.17) is 4.74 Å². The van der Waals surface area contributed by atoms with E-state index in [1.807, 2.05) is 12.1 Å². The normalized spacial score (nSPS) is 16.8. The molecular formula is C19H26IN5O. The average molecular weight is 467 g/mol. The van der Waals surface area contributed by atoms with Crippen LogP contribution >= 0.6 is 24.0 Å². The summed E-state index contributed by atoms with van der Waals surface area (Å²) in [7, 11) is 3.42. The van der Waals surface area contributed by atoms with E-state index in [2.05, 4.69) is 55.8 Å². The Labute approximate surface area is 172 Å². The predicted molar refractivity (Wildman–Crippen MR) is 117 cm³/mol. The van der Waals surface area contributed by atoms with Crippen LogP contribution in [0, 0.1) is 0 Å². The highest BCUT2D eigenvalue weighted by atomic mass is 127. The quantitative estimate of drug-likeness (QED) is 0.403. The van der Waals surface area contributed by atoms with Crippen LogP contribution in [0.3, 0.4) is 0 Å². The van der Waals surface area contributed by atoms with Gasteiger partial charge < -0.3 is 20.3 Å². The zero-order valence-electron chi connectivity index (χ0n) is 15.2. The number of hydrogen-bond donors (Lipinski definition) is 2. The van der Waals surface area contributed by atoms with Crippen molar-refractivity contribution >= 4 is 35.6 Å². The number of ether oxygens (including phenoxy) is 1. The van der Waals surface area contributed by atoms with Gasteiger partial charge in [-0.15, -0.1) is 24.0 Å². The highest BCUT2D eigenvalue weighted by molar-refractivity contribution is 14.0. The lowest BCUT2D eigenvalue weighted by atomic mass is 10.2. The Morgan fingerprint density at radius 1 is 1.31 bits per heavy atom. The van der Waals surface area contributed by atoms with E-state index >= 15 is 0 Å². The summed E-state index contributed by atoms with van der Waals surface area (Å²) in [5.74, 6) is 1.44. The lowest BCUT2D eigenvalue weighted by molar-refractivity contribution is 0.397. The number of methoxy groups -OCH3 is 1. The molecule has 0 amide bonds. The summed E-state index contributed by atoms with van der Waals surface area (Å²) in [6.45, 7) is 2.71. The standard InChI is InChI=1S/C19H25N5O.HI/c1-20-19(22-13-15-8-10-21-18(12-15)25-2)23-16-9-11-24(14-16)17-6-4-3-5-7-17;/h3-8,10,12,16H,9,11,13-14H2,1-2H3,(H2,20,22,23);1H. The number of nitrogens with one attached hydrogen (secondary N) is 2. The third kappa shape index (κ3) is 5.48. The molecule has 2 heterocycles. The molecule has 1 saturated heterocycles. The summed E-state index contributed by atoms with van der Waals surface area (Å²) in [6, 6.07) is 14.8. The number of rotatable bonds is 5. The largest absolute Gasteiger partial charge is 0.481 e. The van der Waals surface area contributed by atoms with E-state index in [1.165, 1.54) is 5.69 Å². The van der Waals surface area contributed by atoms with E-state index < -0.39 is 0 Å². The molecule has 1 aromatic carbocycles. The van der Waals surface area contributed by atoms with Crippen molar-refractivity contribution in [3.8, 4) is 5.88 Å². The van der Waals surface area contributed by atoms with Crippen molar-refractivity contribution in [1.29, 1.82) is 0 Å². The van der Waals surface area contributed by atoms with Gasteiger partial charge in [-0.1, -0.05) is 18.2 Å².